The molecule has 0 aromatic heterocycles. The van der Waals surface area contributed by atoms with Gasteiger partial charge in [-0.2, -0.15) is 26.3 Å². The molecule has 3 aliphatic rings. The average molecular weight is 684 g/mol. The van der Waals surface area contributed by atoms with E-state index in [0.717, 1.165) is 57.5 Å². The fraction of sp³-hybridized carbons (Fsp3) is 0.639. The molecule has 2 atom stereocenters. The van der Waals surface area contributed by atoms with Gasteiger partial charge in [-0.25, -0.2) is 0 Å². The number of piperazine rings is 1. The van der Waals surface area contributed by atoms with Crippen LogP contribution < -0.4 is 14.8 Å². The Kier molecular flexibility index (Phi) is 11.7. The predicted octanol–water partition coefficient (Wildman–Crippen LogP) is 7.27. The van der Waals surface area contributed by atoms with E-state index in [1.165, 1.54) is 32.1 Å². The molecule has 0 spiro atoms. The summed E-state index contributed by atoms with van der Waals surface area (Å²) in [6.45, 7) is 5.26. The maximum atomic E-state index is 13.8. The van der Waals surface area contributed by atoms with Crippen molar-refractivity contribution in [2.45, 2.75) is 94.1 Å². The smallest absolute Gasteiger partial charge is 0.416 e. The van der Waals surface area contributed by atoms with Gasteiger partial charge >= 0.3 is 12.4 Å². The van der Waals surface area contributed by atoms with E-state index in [1.807, 2.05) is 18.2 Å². The van der Waals surface area contributed by atoms with Crippen LogP contribution in [0.4, 0.5) is 26.3 Å². The van der Waals surface area contributed by atoms with Crippen LogP contribution in [0.25, 0.3) is 0 Å². The number of nitrogens with one attached hydrogen (secondary N) is 1. The molecule has 2 saturated heterocycles. The van der Waals surface area contributed by atoms with Crippen molar-refractivity contribution in [1.82, 2.24) is 15.1 Å². The molecule has 2 aromatic rings. The standard InChI is InChI=1S/C36H47F6N3O3/c1-47-32-10-9-26(23-33(32)48-2)34(12-14-44-15-17-45(18-16-44)29-7-4-3-5-8-29)11-6-13-43-30(24-34)31(46)21-25-19-27(35(37,38)39)22-28(20-25)36(40,41)42/h9-10,19-20,22-23,29-30,43H,3-8,11-18,21,24H2,1-2H3. The SMILES string of the molecule is COc1ccc(C2(CCN3CCN(C4CCCCC4)CC3)CCCNC(C(=O)Cc3cc(C(F)(F)F)cc(C(F)(F)F)c3)C2)cc1OC. The number of Topliss-reactive ketones (excluding diaryl/α,β-unsaturated/α-hetero) is 1. The molecule has 1 N–H and O–H groups in total. The Morgan fingerprint density at radius 1 is 0.854 bits per heavy atom. The van der Waals surface area contributed by atoms with Gasteiger partial charge in [0, 0.05) is 38.6 Å². The number of methoxy groups -OCH3 is 2. The highest BCUT2D eigenvalue weighted by molar-refractivity contribution is 5.86. The van der Waals surface area contributed by atoms with Crippen LogP contribution in [0.5, 0.6) is 11.5 Å². The number of carbonyl (C=O) groups is 1. The number of alkyl halides is 6. The van der Waals surface area contributed by atoms with Crippen molar-refractivity contribution in [1.29, 1.82) is 0 Å². The van der Waals surface area contributed by atoms with Gasteiger partial charge in [-0.15, -0.1) is 0 Å². The molecule has 0 bridgehead atoms. The van der Waals surface area contributed by atoms with Crippen molar-refractivity contribution < 1.29 is 40.6 Å². The van der Waals surface area contributed by atoms with Crippen LogP contribution in [0, 0.1) is 0 Å². The van der Waals surface area contributed by atoms with Crippen LogP contribution in [-0.2, 0) is 29.0 Å². The molecular formula is C36H47F6N3O3. The van der Waals surface area contributed by atoms with Crippen LogP contribution in [0.3, 0.4) is 0 Å². The number of carbonyl (C=O) groups excluding carboxylic acids is 1. The number of halogens is 6. The number of benzene rings is 2. The molecule has 12 heteroatoms. The highest BCUT2D eigenvalue weighted by Gasteiger charge is 2.41. The molecule has 0 radical (unpaired) electrons. The van der Waals surface area contributed by atoms with E-state index in [2.05, 4.69) is 15.1 Å². The van der Waals surface area contributed by atoms with Crippen LogP contribution in [0.15, 0.2) is 36.4 Å². The molecule has 5 rings (SSSR count). The number of ether oxygens (including phenoxy) is 2. The molecule has 266 valence electrons. The lowest BCUT2D eigenvalue weighted by atomic mass is 9.69. The van der Waals surface area contributed by atoms with Crippen molar-refractivity contribution in [3.05, 3.63) is 58.7 Å². The molecule has 48 heavy (non-hydrogen) atoms. The van der Waals surface area contributed by atoms with Crippen LogP contribution in [-0.4, -0.2) is 81.2 Å². The number of hydrogen-bond donors (Lipinski definition) is 1. The van der Waals surface area contributed by atoms with E-state index in [4.69, 9.17) is 9.47 Å². The zero-order valence-corrected chi connectivity index (χ0v) is 27.8. The number of rotatable bonds is 10. The topological polar surface area (TPSA) is 54.0 Å². The van der Waals surface area contributed by atoms with E-state index >= 15 is 0 Å². The first-order valence-electron chi connectivity index (χ1n) is 17.0. The van der Waals surface area contributed by atoms with Crippen molar-refractivity contribution in [3.8, 4) is 11.5 Å². The van der Waals surface area contributed by atoms with Gasteiger partial charge in [-0.3, -0.25) is 9.69 Å². The predicted molar refractivity (Wildman–Crippen MR) is 172 cm³/mol. The molecule has 1 saturated carbocycles. The molecule has 2 aliphatic heterocycles. The van der Waals surface area contributed by atoms with E-state index in [1.54, 1.807) is 14.2 Å². The largest absolute Gasteiger partial charge is 0.493 e. The summed E-state index contributed by atoms with van der Waals surface area (Å²) in [5, 5.41) is 3.28. The number of nitrogens with zero attached hydrogens (tertiary/aromatic N) is 2. The Labute approximate surface area is 279 Å². The third-order valence-corrected chi connectivity index (χ3v) is 10.6. The van der Waals surface area contributed by atoms with Gasteiger partial charge < -0.3 is 19.7 Å². The second-order valence-electron chi connectivity index (χ2n) is 13.6. The molecular weight excluding hydrogens is 636 g/mol. The fourth-order valence-corrected chi connectivity index (χ4v) is 7.91. The summed E-state index contributed by atoms with van der Waals surface area (Å²) >= 11 is 0. The third-order valence-electron chi connectivity index (χ3n) is 10.6. The summed E-state index contributed by atoms with van der Waals surface area (Å²) in [7, 11) is 3.12. The van der Waals surface area contributed by atoms with Crippen LogP contribution in [0.1, 0.15) is 80.0 Å². The highest BCUT2D eigenvalue weighted by Crippen LogP contribution is 2.43. The first-order valence-corrected chi connectivity index (χ1v) is 17.0. The molecule has 2 heterocycles. The van der Waals surface area contributed by atoms with E-state index < -0.39 is 47.1 Å². The van der Waals surface area contributed by atoms with Gasteiger partial charge in [-0.05, 0) is 98.5 Å². The molecule has 3 fully saturated rings. The van der Waals surface area contributed by atoms with Crippen LogP contribution in [0.2, 0.25) is 0 Å². The molecule has 2 aromatic carbocycles. The Hall–Kier alpha value is -2.83. The Bertz CT molecular complexity index is 1350. The first kappa shape index (κ1) is 36.5. The fourth-order valence-electron chi connectivity index (χ4n) is 7.91. The molecule has 1 aliphatic carbocycles. The van der Waals surface area contributed by atoms with E-state index in [0.29, 0.717) is 42.6 Å². The summed E-state index contributed by atoms with van der Waals surface area (Å²) in [4.78, 5) is 18.9. The number of ketones is 1. The minimum atomic E-state index is -4.98. The van der Waals surface area contributed by atoms with Crippen molar-refractivity contribution in [2.24, 2.45) is 0 Å². The minimum absolute atomic E-state index is 0.0922. The zero-order valence-electron chi connectivity index (χ0n) is 27.8. The van der Waals surface area contributed by atoms with Crippen molar-refractivity contribution >= 4 is 5.78 Å². The summed E-state index contributed by atoms with van der Waals surface area (Å²) in [6, 6.07) is 7.07. The lowest BCUT2D eigenvalue weighted by Gasteiger charge is -2.42. The first-order chi connectivity index (χ1) is 22.8. The summed E-state index contributed by atoms with van der Waals surface area (Å²) in [5.41, 5.74) is -2.66. The lowest BCUT2D eigenvalue weighted by Crippen LogP contribution is -2.51. The second kappa shape index (κ2) is 15.4. The summed E-state index contributed by atoms with van der Waals surface area (Å²) < 4.78 is 92.4. The monoisotopic (exact) mass is 683 g/mol. The van der Waals surface area contributed by atoms with E-state index in [9.17, 15) is 31.1 Å². The second-order valence-corrected chi connectivity index (χ2v) is 13.6. The minimum Gasteiger partial charge on any atom is -0.493 e. The van der Waals surface area contributed by atoms with Gasteiger partial charge in [0.1, 0.15) is 0 Å². The third kappa shape index (κ3) is 8.84. The highest BCUT2D eigenvalue weighted by atomic mass is 19.4. The van der Waals surface area contributed by atoms with Gasteiger partial charge in [0.05, 0.1) is 31.4 Å². The van der Waals surface area contributed by atoms with E-state index in [-0.39, 0.29) is 11.6 Å². The Morgan fingerprint density at radius 2 is 1.50 bits per heavy atom. The summed E-state index contributed by atoms with van der Waals surface area (Å²) in [5.74, 6) is 0.689. The van der Waals surface area contributed by atoms with Gasteiger partial charge in [-0.1, -0.05) is 25.3 Å². The Morgan fingerprint density at radius 3 is 2.10 bits per heavy atom. The Balaban J connectivity index is 1.38. The van der Waals surface area contributed by atoms with Gasteiger partial charge in [0.25, 0.3) is 0 Å². The zero-order chi connectivity index (χ0) is 34.5. The van der Waals surface area contributed by atoms with Crippen molar-refractivity contribution in [2.75, 3.05) is 53.5 Å². The maximum Gasteiger partial charge on any atom is 0.416 e. The van der Waals surface area contributed by atoms with Crippen molar-refractivity contribution in [3.63, 3.8) is 0 Å². The normalized spacial score (nSPS) is 23.9. The quantitative estimate of drug-likeness (QED) is 0.266. The molecule has 2 unspecified atom stereocenters. The summed E-state index contributed by atoms with van der Waals surface area (Å²) in [6.07, 6.45) is -1.48. The molecule has 0 amide bonds. The van der Waals surface area contributed by atoms with Crippen LogP contribution >= 0.6 is 0 Å². The lowest BCUT2D eigenvalue weighted by molar-refractivity contribution is -0.143. The maximum absolute atomic E-state index is 13.8. The van der Waals surface area contributed by atoms with Gasteiger partial charge in [0.2, 0.25) is 0 Å². The number of hydrogen-bond acceptors (Lipinski definition) is 6. The molecule has 6 nitrogen and oxygen atoms in total. The van der Waals surface area contributed by atoms with Gasteiger partial charge in [0.15, 0.2) is 17.3 Å². The average Bonchev–Trinajstić information content (AvgIpc) is 3.30.